The maximum absolute atomic E-state index is 10.8. The molecule has 1 aromatic rings. The molecule has 1 saturated heterocycles. The summed E-state index contributed by atoms with van der Waals surface area (Å²) in [4.78, 5) is 10.8. The van der Waals surface area contributed by atoms with Crippen LogP contribution in [0.1, 0.15) is 27.8 Å². The number of ether oxygens (including phenoxy) is 2. The molecule has 3 heteroatoms. The largest absolute Gasteiger partial charge is 0.346 e. The van der Waals surface area contributed by atoms with Crippen LogP contribution in [0.2, 0.25) is 0 Å². The minimum atomic E-state index is -0.366. The van der Waals surface area contributed by atoms with Crippen LogP contribution in [-0.4, -0.2) is 19.5 Å². The Balaban J connectivity index is 2.37. The van der Waals surface area contributed by atoms with E-state index in [2.05, 4.69) is 0 Å². The van der Waals surface area contributed by atoms with E-state index in [-0.39, 0.29) is 6.29 Å². The first-order chi connectivity index (χ1) is 6.81. The average molecular weight is 192 g/mol. The molecule has 1 fully saturated rings. The maximum Gasteiger partial charge on any atom is 0.184 e. The second kappa shape index (κ2) is 3.90. The fourth-order valence-electron chi connectivity index (χ4n) is 1.54. The Labute approximate surface area is 82.6 Å². The van der Waals surface area contributed by atoms with Crippen molar-refractivity contribution in [1.29, 1.82) is 0 Å². The van der Waals surface area contributed by atoms with Gasteiger partial charge < -0.3 is 9.47 Å². The van der Waals surface area contributed by atoms with Crippen molar-refractivity contribution in [3.63, 3.8) is 0 Å². The molecule has 74 valence electrons. The van der Waals surface area contributed by atoms with Crippen molar-refractivity contribution in [2.24, 2.45) is 0 Å². The minimum absolute atomic E-state index is 0.366. The Kier molecular flexibility index (Phi) is 2.61. The van der Waals surface area contributed by atoms with Crippen LogP contribution in [-0.2, 0) is 9.47 Å². The van der Waals surface area contributed by atoms with E-state index in [1.807, 2.05) is 19.1 Å². The third-order valence-electron chi connectivity index (χ3n) is 2.24. The lowest BCUT2D eigenvalue weighted by molar-refractivity contribution is -0.0444. The third-order valence-corrected chi connectivity index (χ3v) is 2.24. The fraction of sp³-hybridized carbons (Fsp3) is 0.364. The molecular formula is C11H12O3. The molecule has 0 amide bonds. The van der Waals surface area contributed by atoms with Gasteiger partial charge in [0.05, 0.1) is 13.2 Å². The van der Waals surface area contributed by atoms with Crippen molar-refractivity contribution in [1.82, 2.24) is 0 Å². The number of aryl methyl sites for hydroxylation is 1. The number of benzene rings is 1. The lowest BCUT2D eigenvalue weighted by Crippen LogP contribution is -2.02. The van der Waals surface area contributed by atoms with Gasteiger partial charge >= 0.3 is 0 Å². The number of hydrogen-bond acceptors (Lipinski definition) is 3. The summed E-state index contributed by atoms with van der Waals surface area (Å²) in [5.74, 6) is 0. The Hall–Kier alpha value is -1.19. The van der Waals surface area contributed by atoms with Gasteiger partial charge in [0.2, 0.25) is 0 Å². The molecule has 0 saturated carbocycles. The van der Waals surface area contributed by atoms with Gasteiger partial charge in [-0.1, -0.05) is 23.8 Å². The monoisotopic (exact) mass is 192 g/mol. The molecule has 0 radical (unpaired) electrons. The van der Waals surface area contributed by atoms with Crippen LogP contribution < -0.4 is 0 Å². The summed E-state index contributed by atoms with van der Waals surface area (Å²) in [6.07, 6.45) is 0.467. The first-order valence-electron chi connectivity index (χ1n) is 4.60. The molecule has 0 aliphatic carbocycles. The van der Waals surface area contributed by atoms with E-state index in [0.29, 0.717) is 18.8 Å². The molecule has 1 aromatic carbocycles. The Morgan fingerprint density at radius 3 is 2.71 bits per heavy atom. The normalized spacial score (nSPS) is 17.2. The summed E-state index contributed by atoms with van der Waals surface area (Å²) < 4.78 is 10.7. The van der Waals surface area contributed by atoms with E-state index >= 15 is 0 Å². The van der Waals surface area contributed by atoms with E-state index in [0.717, 1.165) is 17.4 Å². The predicted molar refractivity (Wildman–Crippen MR) is 51.2 cm³/mol. The SMILES string of the molecule is Cc1ccc(C=O)c(C2OCCO2)c1. The molecule has 2 rings (SSSR count). The molecule has 0 bridgehead atoms. The van der Waals surface area contributed by atoms with Crippen LogP contribution in [0.15, 0.2) is 18.2 Å². The second-order valence-electron chi connectivity index (χ2n) is 3.32. The van der Waals surface area contributed by atoms with Crippen molar-refractivity contribution in [3.05, 3.63) is 34.9 Å². The molecule has 0 spiro atoms. The third kappa shape index (κ3) is 1.69. The predicted octanol–water partition coefficient (Wildman–Crippen LogP) is 1.85. The molecule has 14 heavy (non-hydrogen) atoms. The standard InChI is InChI=1S/C11H12O3/c1-8-2-3-9(7-12)10(6-8)11-13-4-5-14-11/h2-3,6-7,11H,4-5H2,1H3. The van der Waals surface area contributed by atoms with Gasteiger partial charge in [-0.2, -0.15) is 0 Å². The van der Waals surface area contributed by atoms with Crippen LogP contribution in [0, 0.1) is 6.92 Å². The Morgan fingerprint density at radius 1 is 1.36 bits per heavy atom. The highest BCUT2D eigenvalue weighted by Crippen LogP contribution is 2.26. The van der Waals surface area contributed by atoms with E-state index in [4.69, 9.17) is 9.47 Å². The topological polar surface area (TPSA) is 35.5 Å². The summed E-state index contributed by atoms with van der Waals surface area (Å²) in [5.41, 5.74) is 2.57. The minimum Gasteiger partial charge on any atom is -0.346 e. The van der Waals surface area contributed by atoms with Crippen molar-refractivity contribution in [2.45, 2.75) is 13.2 Å². The molecule has 1 aliphatic rings. The van der Waals surface area contributed by atoms with Gasteiger partial charge in [0.15, 0.2) is 12.6 Å². The summed E-state index contributed by atoms with van der Waals surface area (Å²) in [6.45, 7) is 3.17. The van der Waals surface area contributed by atoms with Crippen molar-refractivity contribution in [2.75, 3.05) is 13.2 Å². The van der Waals surface area contributed by atoms with Gasteiger partial charge in [0, 0.05) is 11.1 Å². The van der Waals surface area contributed by atoms with E-state index in [1.54, 1.807) is 6.07 Å². The van der Waals surface area contributed by atoms with Gasteiger partial charge in [-0.25, -0.2) is 0 Å². The van der Waals surface area contributed by atoms with E-state index in [9.17, 15) is 4.79 Å². The highest BCUT2D eigenvalue weighted by atomic mass is 16.7. The molecule has 0 N–H and O–H groups in total. The zero-order valence-electron chi connectivity index (χ0n) is 8.03. The van der Waals surface area contributed by atoms with Crippen LogP contribution in [0.25, 0.3) is 0 Å². The van der Waals surface area contributed by atoms with Gasteiger partial charge in [0.1, 0.15) is 0 Å². The summed E-state index contributed by atoms with van der Waals surface area (Å²) in [7, 11) is 0. The Bertz CT molecular complexity index is 340. The molecule has 1 heterocycles. The van der Waals surface area contributed by atoms with Gasteiger partial charge in [-0.05, 0) is 6.92 Å². The van der Waals surface area contributed by atoms with Crippen molar-refractivity contribution < 1.29 is 14.3 Å². The number of carbonyl (C=O) groups excluding carboxylic acids is 1. The van der Waals surface area contributed by atoms with Crippen LogP contribution >= 0.6 is 0 Å². The molecule has 0 unspecified atom stereocenters. The average Bonchev–Trinajstić information content (AvgIpc) is 2.70. The summed E-state index contributed by atoms with van der Waals surface area (Å²) in [6, 6.07) is 5.63. The molecular weight excluding hydrogens is 180 g/mol. The van der Waals surface area contributed by atoms with Gasteiger partial charge in [-0.3, -0.25) is 4.79 Å². The number of aldehydes is 1. The quantitative estimate of drug-likeness (QED) is 0.671. The van der Waals surface area contributed by atoms with Crippen molar-refractivity contribution in [3.8, 4) is 0 Å². The van der Waals surface area contributed by atoms with Crippen LogP contribution in [0.5, 0.6) is 0 Å². The van der Waals surface area contributed by atoms with E-state index in [1.165, 1.54) is 0 Å². The molecule has 0 atom stereocenters. The molecule has 1 aliphatic heterocycles. The smallest absolute Gasteiger partial charge is 0.184 e. The molecule has 0 aromatic heterocycles. The Morgan fingerprint density at radius 2 is 2.07 bits per heavy atom. The zero-order chi connectivity index (χ0) is 9.97. The van der Waals surface area contributed by atoms with Gasteiger partial charge in [0.25, 0.3) is 0 Å². The summed E-state index contributed by atoms with van der Waals surface area (Å²) >= 11 is 0. The number of carbonyl (C=O) groups is 1. The lowest BCUT2D eigenvalue weighted by atomic mass is 10.1. The second-order valence-corrected chi connectivity index (χ2v) is 3.32. The fourth-order valence-corrected chi connectivity index (χ4v) is 1.54. The van der Waals surface area contributed by atoms with Gasteiger partial charge in [-0.15, -0.1) is 0 Å². The van der Waals surface area contributed by atoms with Crippen molar-refractivity contribution >= 4 is 6.29 Å². The van der Waals surface area contributed by atoms with E-state index < -0.39 is 0 Å². The molecule has 3 nitrogen and oxygen atoms in total. The summed E-state index contributed by atoms with van der Waals surface area (Å²) in [5, 5.41) is 0. The lowest BCUT2D eigenvalue weighted by Gasteiger charge is -2.12. The van der Waals surface area contributed by atoms with Crippen LogP contribution in [0.3, 0.4) is 0 Å². The maximum atomic E-state index is 10.8. The zero-order valence-corrected chi connectivity index (χ0v) is 8.03. The first kappa shape index (κ1) is 9.37. The number of rotatable bonds is 2. The highest BCUT2D eigenvalue weighted by Gasteiger charge is 2.20. The first-order valence-corrected chi connectivity index (χ1v) is 4.60. The highest BCUT2D eigenvalue weighted by molar-refractivity contribution is 5.77. The number of hydrogen-bond donors (Lipinski definition) is 0. The van der Waals surface area contributed by atoms with Crippen LogP contribution in [0.4, 0.5) is 0 Å².